The number of aryl methyl sites for hydroxylation is 1. The minimum Gasteiger partial charge on any atom is -0.457 e. The Kier molecular flexibility index (Phi) is 3.99. The molecular formula is C14H14ClNO. The van der Waals surface area contributed by atoms with Crippen LogP contribution in [0, 0.1) is 0 Å². The first-order valence-electron chi connectivity index (χ1n) is 5.66. The SMILES string of the molecule is CCCc1cc(Oc2ccc(Cl)cc2)ccn1. The van der Waals surface area contributed by atoms with Crippen LogP contribution < -0.4 is 4.74 Å². The molecule has 0 aliphatic heterocycles. The number of benzene rings is 1. The summed E-state index contributed by atoms with van der Waals surface area (Å²) in [6.45, 7) is 2.13. The van der Waals surface area contributed by atoms with Crippen LogP contribution in [0.25, 0.3) is 0 Å². The molecule has 0 unspecified atom stereocenters. The van der Waals surface area contributed by atoms with Crippen LogP contribution in [0.15, 0.2) is 42.6 Å². The zero-order valence-corrected chi connectivity index (χ0v) is 10.4. The molecule has 88 valence electrons. The summed E-state index contributed by atoms with van der Waals surface area (Å²) in [5, 5.41) is 0.707. The normalized spacial score (nSPS) is 10.2. The molecule has 0 radical (unpaired) electrons. The van der Waals surface area contributed by atoms with Crippen molar-refractivity contribution in [1.29, 1.82) is 0 Å². The van der Waals surface area contributed by atoms with E-state index in [4.69, 9.17) is 16.3 Å². The van der Waals surface area contributed by atoms with Gasteiger partial charge in [-0.1, -0.05) is 24.9 Å². The molecule has 0 aliphatic rings. The average Bonchev–Trinajstić information content (AvgIpc) is 2.33. The van der Waals surface area contributed by atoms with E-state index in [0.717, 1.165) is 30.0 Å². The van der Waals surface area contributed by atoms with Crippen LogP contribution in [0.5, 0.6) is 11.5 Å². The van der Waals surface area contributed by atoms with Gasteiger partial charge in [-0.2, -0.15) is 0 Å². The largest absolute Gasteiger partial charge is 0.457 e. The van der Waals surface area contributed by atoms with E-state index in [-0.39, 0.29) is 0 Å². The second-order valence-electron chi connectivity index (χ2n) is 3.79. The number of aromatic nitrogens is 1. The maximum atomic E-state index is 5.82. The Hall–Kier alpha value is -1.54. The summed E-state index contributed by atoms with van der Waals surface area (Å²) >= 11 is 5.82. The average molecular weight is 248 g/mol. The molecule has 0 saturated heterocycles. The smallest absolute Gasteiger partial charge is 0.130 e. The van der Waals surface area contributed by atoms with Gasteiger partial charge in [0.05, 0.1) is 0 Å². The molecule has 17 heavy (non-hydrogen) atoms. The minimum absolute atomic E-state index is 0.707. The van der Waals surface area contributed by atoms with Crippen LogP contribution in [0.4, 0.5) is 0 Å². The van der Waals surface area contributed by atoms with Crippen molar-refractivity contribution in [3.63, 3.8) is 0 Å². The molecule has 2 nitrogen and oxygen atoms in total. The van der Waals surface area contributed by atoms with Gasteiger partial charge in [0.2, 0.25) is 0 Å². The summed E-state index contributed by atoms with van der Waals surface area (Å²) in [6.07, 6.45) is 3.82. The Morgan fingerprint density at radius 3 is 2.59 bits per heavy atom. The summed E-state index contributed by atoms with van der Waals surface area (Å²) < 4.78 is 5.72. The third-order valence-electron chi connectivity index (χ3n) is 2.34. The van der Waals surface area contributed by atoms with Crippen molar-refractivity contribution in [3.8, 4) is 11.5 Å². The molecule has 1 aromatic carbocycles. The summed E-state index contributed by atoms with van der Waals surface area (Å²) in [5.74, 6) is 1.59. The molecule has 3 heteroatoms. The highest BCUT2D eigenvalue weighted by atomic mass is 35.5. The highest BCUT2D eigenvalue weighted by Crippen LogP contribution is 2.23. The lowest BCUT2D eigenvalue weighted by Gasteiger charge is -2.06. The van der Waals surface area contributed by atoms with Gasteiger partial charge < -0.3 is 4.74 Å². The molecule has 0 atom stereocenters. The van der Waals surface area contributed by atoms with Crippen molar-refractivity contribution < 1.29 is 4.74 Å². The van der Waals surface area contributed by atoms with E-state index >= 15 is 0 Å². The lowest BCUT2D eigenvalue weighted by atomic mass is 10.2. The van der Waals surface area contributed by atoms with Crippen molar-refractivity contribution >= 4 is 11.6 Å². The first-order valence-corrected chi connectivity index (χ1v) is 6.04. The van der Waals surface area contributed by atoms with Crippen molar-refractivity contribution in [1.82, 2.24) is 4.98 Å². The van der Waals surface area contributed by atoms with Crippen LogP contribution in [-0.2, 0) is 6.42 Å². The molecule has 0 amide bonds. The number of ether oxygens (including phenoxy) is 1. The Balaban J connectivity index is 2.12. The molecule has 0 N–H and O–H groups in total. The van der Waals surface area contributed by atoms with Gasteiger partial charge >= 0.3 is 0 Å². The van der Waals surface area contributed by atoms with E-state index in [1.165, 1.54) is 0 Å². The van der Waals surface area contributed by atoms with E-state index < -0.39 is 0 Å². The maximum absolute atomic E-state index is 5.82. The topological polar surface area (TPSA) is 22.1 Å². The van der Waals surface area contributed by atoms with E-state index in [1.54, 1.807) is 6.20 Å². The third-order valence-corrected chi connectivity index (χ3v) is 2.60. The Morgan fingerprint density at radius 1 is 1.12 bits per heavy atom. The van der Waals surface area contributed by atoms with E-state index in [1.807, 2.05) is 36.4 Å². The van der Waals surface area contributed by atoms with E-state index in [2.05, 4.69) is 11.9 Å². The van der Waals surface area contributed by atoms with Gasteiger partial charge in [-0.3, -0.25) is 4.98 Å². The number of pyridine rings is 1. The van der Waals surface area contributed by atoms with Crippen LogP contribution in [0.1, 0.15) is 19.0 Å². The molecule has 0 bridgehead atoms. The highest BCUT2D eigenvalue weighted by molar-refractivity contribution is 6.30. The molecule has 1 heterocycles. The van der Waals surface area contributed by atoms with E-state index in [0.29, 0.717) is 5.02 Å². The Bertz CT molecular complexity index is 482. The minimum atomic E-state index is 0.707. The summed E-state index contributed by atoms with van der Waals surface area (Å²) in [4.78, 5) is 4.28. The van der Waals surface area contributed by atoms with Crippen molar-refractivity contribution in [2.24, 2.45) is 0 Å². The first kappa shape index (κ1) is 11.9. The number of hydrogen-bond donors (Lipinski definition) is 0. The highest BCUT2D eigenvalue weighted by Gasteiger charge is 1.99. The summed E-state index contributed by atoms with van der Waals surface area (Å²) in [6, 6.07) is 11.1. The predicted molar refractivity (Wildman–Crippen MR) is 69.8 cm³/mol. The zero-order valence-electron chi connectivity index (χ0n) is 9.69. The third kappa shape index (κ3) is 3.46. The fourth-order valence-corrected chi connectivity index (χ4v) is 1.68. The van der Waals surface area contributed by atoms with Gasteiger partial charge in [0, 0.05) is 23.0 Å². The lowest BCUT2D eigenvalue weighted by Crippen LogP contribution is -1.90. The number of halogens is 1. The molecule has 0 aliphatic carbocycles. The van der Waals surface area contributed by atoms with Gasteiger partial charge in [0.1, 0.15) is 11.5 Å². The fourth-order valence-electron chi connectivity index (χ4n) is 1.55. The quantitative estimate of drug-likeness (QED) is 0.795. The molecular weight excluding hydrogens is 234 g/mol. The predicted octanol–water partition coefficient (Wildman–Crippen LogP) is 4.48. The molecule has 0 spiro atoms. The molecule has 2 rings (SSSR count). The fraction of sp³-hybridized carbons (Fsp3) is 0.214. The van der Waals surface area contributed by atoms with E-state index in [9.17, 15) is 0 Å². The summed E-state index contributed by atoms with van der Waals surface area (Å²) in [7, 11) is 0. The Morgan fingerprint density at radius 2 is 1.88 bits per heavy atom. The maximum Gasteiger partial charge on any atom is 0.130 e. The van der Waals surface area contributed by atoms with Crippen LogP contribution in [-0.4, -0.2) is 4.98 Å². The van der Waals surface area contributed by atoms with Crippen molar-refractivity contribution in [2.45, 2.75) is 19.8 Å². The number of rotatable bonds is 4. The van der Waals surface area contributed by atoms with Crippen molar-refractivity contribution in [3.05, 3.63) is 53.3 Å². The van der Waals surface area contributed by atoms with Gasteiger partial charge in [-0.25, -0.2) is 0 Å². The molecule has 1 aromatic heterocycles. The first-order chi connectivity index (χ1) is 8.28. The van der Waals surface area contributed by atoms with Gasteiger partial charge in [0.15, 0.2) is 0 Å². The number of hydrogen-bond acceptors (Lipinski definition) is 2. The monoisotopic (exact) mass is 247 g/mol. The summed E-state index contributed by atoms with van der Waals surface area (Å²) in [5.41, 5.74) is 1.05. The second-order valence-corrected chi connectivity index (χ2v) is 4.23. The zero-order chi connectivity index (χ0) is 12.1. The van der Waals surface area contributed by atoms with Crippen molar-refractivity contribution in [2.75, 3.05) is 0 Å². The van der Waals surface area contributed by atoms with Gasteiger partial charge in [-0.15, -0.1) is 0 Å². The molecule has 2 aromatic rings. The number of nitrogens with zero attached hydrogens (tertiary/aromatic N) is 1. The van der Waals surface area contributed by atoms with Gasteiger partial charge in [-0.05, 0) is 36.8 Å². The Labute approximate surface area is 106 Å². The van der Waals surface area contributed by atoms with Gasteiger partial charge in [0.25, 0.3) is 0 Å². The molecule has 0 fully saturated rings. The lowest BCUT2D eigenvalue weighted by molar-refractivity contribution is 0.481. The van der Waals surface area contributed by atoms with Crippen LogP contribution in [0.3, 0.4) is 0 Å². The van der Waals surface area contributed by atoms with Crippen LogP contribution in [0.2, 0.25) is 5.02 Å². The van der Waals surface area contributed by atoms with Crippen LogP contribution >= 0.6 is 11.6 Å². The standard InChI is InChI=1S/C14H14ClNO/c1-2-3-12-10-14(8-9-16-12)17-13-6-4-11(15)5-7-13/h4-10H,2-3H2,1H3. The second kappa shape index (κ2) is 5.69. The molecule has 0 saturated carbocycles.